The topological polar surface area (TPSA) is 35.4 Å². The molecule has 0 fully saturated rings. The molecule has 0 aliphatic heterocycles. The summed E-state index contributed by atoms with van der Waals surface area (Å²) in [5.74, 6) is 0. The number of aromatic nitrogens is 1. The van der Waals surface area contributed by atoms with Gasteiger partial charge in [0.1, 0.15) is 0 Å². The second kappa shape index (κ2) is 9.14. The minimum atomic E-state index is -0.144. The zero-order chi connectivity index (χ0) is 13.2. The van der Waals surface area contributed by atoms with Gasteiger partial charge in [-0.15, -0.1) is 0 Å². The molecule has 1 rings (SSSR count). The van der Waals surface area contributed by atoms with Gasteiger partial charge >= 0.3 is 0 Å². The van der Waals surface area contributed by atoms with Crippen molar-refractivity contribution in [3.8, 4) is 0 Å². The molecule has 18 heavy (non-hydrogen) atoms. The van der Waals surface area contributed by atoms with Crippen LogP contribution in [0.25, 0.3) is 0 Å². The van der Waals surface area contributed by atoms with Crippen molar-refractivity contribution in [2.75, 3.05) is 19.8 Å². The predicted molar refractivity (Wildman–Crippen MR) is 73.5 cm³/mol. The third-order valence-corrected chi connectivity index (χ3v) is 2.71. The molecule has 1 N–H and O–H groups in total. The first kappa shape index (κ1) is 15.2. The molecule has 0 atom stereocenters. The maximum atomic E-state index is 5.49. The van der Waals surface area contributed by atoms with Crippen LogP contribution in [0.15, 0.2) is 18.3 Å². The molecule has 0 unspecified atom stereocenters. The third-order valence-electron chi connectivity index (χ3n) is 2.71. The van der Waals surface area contributed by atoms with Crippen LogP contribution in [0.3, 0.4) is 0 Å². The standard InChI is InChI=1S/C14H26N2O2/c1-4-9-16-10-7-8-13(16)11-15-12-14(17-5-2)18-6-3/h7-8,10,14-15H,4-6,9,11-12H2,1-3H3. The summed E-state index contributed by atoms with van der Waals surface area (Å²) < 4.78 is 13.3. The van der Waals surface area contributed by atoms with E-state index in [2.05, 4.69) is 35.1 Å². The van der Waals surface area contributed by atoms with Gasteiger partial charge in [0, 0.05) is 44.7 Å². The quantitative estimate of drug-likeness (QED) is 0.651. The summed E-state index contributed by atoms with van der Waals surface area (Å²) in [7, 11) is 0. The van der Waals surface area contributed by atoms with Crippen LogP contribution < -0.4 is 5.32 Å². The van der Waals surface area contributed by atoms with Crippen molar-refractivity contribution in [1.29, 1.82) is 0 Å². The van der Waals surface area contributed by atoms with Crippen molar-refractivity contribution in [1.82, 2.24) is 9.88 Å². The largest absolute Gasteiger partial charge is 0.352 e. The summed E-state index contributed by atoms with van der Waals surface area (Å²) in [6.45, 7) is 10.2. The van der Waals surface area contributed by atoms with Crippen LogP contribution in [0.5, 0.6) is 0 Å². The molecule has 0 aromatic carbocycles. The van der Waals surface area contributed by atoms with Crippen molar-refractivity contribution in [2.24, 2.45) is 0 Å². The molecule has 1 aromatic rings. The van der Waals surface area contributed by atoms with Gasteiger partial charge in [-0.2, -0.15) is 0 Å². The fourth-order valence-electron chi connectivity index (χ4n) is 1.92. The fourth-order valence-corrected chi connectivity index (χ4v) is 1.92. The SMILES string of the molecule is CCCn1cccc1CNCC(OCC)OCC. The van der Waals surface area contributed by atoms with Crippen molar-refractivity contribution in [3.05, 3.63) is 24.0 Å². The van der Waals surface area contributed by atoms with Crippen LogP contribution in [-0.2, 0) is 22.6 Å². The molecular formula is C14H26N2O2. The Morgan fingerprint density at radius 2 is 1.94 bits per heavy atom. The van der Waals surface area contributed by atoms with E-state index in [0.29, 0.717) is 13.2 Å². The fraction of sp³-hybridized carbons (Fsp3) is 0.714. The first-order chi connectivity index (χ1) is 8.81. The van der Waals surface area contributed by atoms with E-state index in [1.54, 1.807) is 0 Å². The van der Waals surface area contributed by atoms with Gasteiger partial charge in [-0.05, 0) is 32.4 Å². The molecule has 4 nitrogen and oxygen atoms in total. The number of nitrogens with zero attached hydrogens (tertiary/aromatic N) is 1. The Morgan fingerprint density at radius 1 is 1.22 bits per heavy atom. The Labute approximate surface area is 110 Å². The smallest absolute Gasteiger partial charge is 0.169 e. The van der Waals surface area contributed by atoms with Crippen molar-refractivity contribution in [3.63, 3.8) is 0 Å². The van der Waals surface area contributed by atoms with E-state index in [1.165, 1.54) is 5.69 Å². The Kier molecular flexibility index (Phi) is 7.73. The van der Waals surface area contributed by atoms with E-state index >= 15 is 0 Å². The number of hydrogen-bond donors (Lipinski definition) is 1. The van der Waals surface area contributed by atoms with Crippen LogP contribution in [-0.4, -0.2) is 30.6 Å². The van der Waals surface area contributed by atoms with E-state index in [4.69, 9.17) is 9.47 Å². The van der Waals surface area contributed by atoms with Crippen LogP contribution in [0.1, 0.15) is 32.9 Å². The van der Waals surface area contributed by atoms with Gasteiger partial charge in [0.15, 0.2) is 6.29 Å². The number of aryl methyl sites for hydroxylation is 1. The average molecular weight is 254 g/mol. The molecule has 0 saturated heterocycles. The maximum absolute atomic E-state index is 5.49. The molecule has 1 aromatic heterocycles. The first-order valence-electron chi connectivity index (χ1n) is 6.89. The second-order valence-corrected chi connectivity index (χ2v) is 4.16. The monoisotopic (exact) mass is 254 g/mol. The lowest BCUT2D eigenvalue weighted by Crippen LogP contribution is -2.31. The van der Waals surface area contributed by atoms with Gasteiger partial charge in [0.05, 0.1) is 0 Å². The summed E-state index contributed by atoms with van der Waals surface area (Å²) in [6.07, 6.45) is 3.14. The highest BCUT2D eigenvalue weighted by molar-refractivity contribution is 5.06. The lowest BCUT2D eigenvalue weighted by atomic mass is 10.4. The Hall–Kier alpha value is -0.840. The molecule has 0 aliphatic rings. The summed E-state index contributed by atoms with van der Waals surface area (Å²) in [5.41, 5.74) is 1.31. The van der Waals surface area contributed by atoms with E-state index in [1.807, 2.05) is 13.8 Å². The highest BCUT2D eigenvalue weighted by Gasteiger charge is 2.07. The van der Waals surface area contributed by atoms with Crippen LogP contribution >= 0.6 is 0 Å². The summed E-state index contributed by atoms with van der Waals surface area (Å²) >= 11 is 0. The van der Waals surface area contributed by atoms with E-state index < -0.39 is 0 Å². The van der Waals surface area contributed by atoms with Gasteiger partial charge in [-0.25, -0.2) is 0 Å². The first-order valence-corrected chi connectivity index (χ1v) is 6.89. The molecule has 0 saturated carbocycles. The highest BCUT2D eigenvalue weighted by atomic mass is 16.7. The van der Waals surface area contributed by atoms with E-state index in [0.717, 1.165) is 26.1 Å². The second-order valence-electron chi connectivity index (χ2n) is 4.16. The molecule has 4 heteroatoms. The van der Waals surface area contributed by atoms with Crippen molar-refractivity contribution < 1.29 is 9.47 Å². The number of ether oxygens (including phenoxy) is 2. The van der Waals surface area contributed by atoms with Crippen LogP contribution in [0.2, 0.25) is 0 Å². The lowest BCUT2D eigenvalue weighted by molar-refractivity contribution is -0.133. The van der Waals surface area contributed by atoms with Gasteiger partial charge in [0.2, 0.25) is 0 Å². The van der Waals surface area contributed by atoms with Gasteiger partial charge in [0.25, 0.3) is 0 Å². The van der Waals surface area contributed by atoms with Crippen LogP contribution in [0, 0.1) is 0 Å². The summed E-state index contributed by atoms with van der Waals surface area (Å²) in [4.78, 5) is 0. The van der Waals surface area contributed by atoms with E-state index in [9.17, 15) is 0 Å². The predicted octanol–water partition coefficient (Wildman–Crippen LogP) is 2.39. The molecule has 0 amide bonds. The van der Waals surface area contributed by atoms with E-state index in [-0.39, 0.29) is 6.29 Å². The van der Waals surface area contributed by atoms with Crippen molar-refractivity contribution >= 4 is 0 Å². The zero-order valence-corrected chi connectivity index (χ0v) is 11.8. The minimum absolute atomic E-state index is 0.144. The summed E-state index contributed by atoms with van der Waals surface area (Å²) in [6, 6.07) is 4.24. The number of rotatable bonds is 10. The minimum Gasteiger partial charge on any atom is -0.352 e. The molecular weight excluding hydrogens is 228 g/mol. The zero-order valence-electron chi connectivity index (χ0n) is 11.8. The maximum Gasteiger partial charge on any atom is 0.169 e. The van der Waals surface area contributed by atoms with Gasteiger partial charge in [-0.1, -0.05) is 6.92 Å². The Bertz CT molecular complexity index is 306. The molecule has 0 aliphatic carbocycles. The van der Waals surface area contributed by atoms with Crippen molar-refractivity contribution in [2.45, 2.75) is 46.6 Å². The third kappa shape index (κ3) is 5.21. The number of nitrogens with one attached hydrogen (secondary N) is 1. The summed E-state index contributed by atoms with van der Waals surface area (Å²) in [5, 5.41) is 3.39. The average Bonchev–Trinajstić information content (AvgIpc) is 2.78. The van der Waals surface area contributed by atoms with Gasteiger partial charge in [-0.3, -0.25) is 0 Å². The molecule has 0 bridgehead atoms. The molecule has 1 heterocycles. The molecule has 0 spiro atoms. The number of hydrogen-bond acceptors (Lipinski definition) is 3. The Morgan fingerprint density at radius 3 is 2.56 bits per heavy atom. The van der Waals surface area contributed by atoms with Gasteiger partial charge < -0.3 is 19.4 Å². The Balaban J connectivity index is 2.32. The molecule has 104 valence electrons. The van der Waals surface area contributed by atoms with Crippen LogP contribution in [0.4, 0.5) is 0 Å². The molecule has 0 radical (unpaired) electrons. The lowest BCUT2D eigenvalue weighted by Gasteiger charge is -2.17. The normalized spacial score (nSPS) is 11.3. The highest BCUT2D eigenvalue weighted by Crippen LogP contribution is 2.03.